The first-order valence-corrected chi connectivity index (χ1v) is 12.4. The van der Waals surface area contributed by atoms with Gasteiger partial charge in [0.2, 0.25) is 0 Å². The lowest BCUT2D eigenvalue weighted by molar-refractivity contribution is -0.906. The van der Waals surface area contributed by atoms with Gasteiger partial charge in [0, 0.05) is 13.1 Å². The Morgan fingerprint density at radius 3 is 2.41 bits per heavy atom. The third-order valence-electron chi connectivity index (χ3n) is 6.43. The van der Waals surface area contributed by atoms with Crippen LogP contribution in [-0.4, -0.2) is 80.7 Å². The fourth-order valence-corrected chi connectivity index (χ4v) is 6.41. The van der Waals surface area contributed by atoms with Crippen molar-refractivity contribution in [3.63, 3.8) is 0 Å². The largest absolute Gasteiger partial charge is 0.491 e. The van der Waals surface area contributed by atoms with Crippen molar-refractivity contribution in [2.75, 3.05) is 52.4 Å². The van der Waals surface area contributed by atoms with E-state index in [4.69, 9.17) is 4.74 Å². The lowest BCUT2D eigenvalue weighted by atomic mass is 10.1. The highest BCUT2D eigenvalue weighted by atomic mass is 32.2. The van der Waals surface area contributed by atoms with E-state index in [1.54, 1.807) is 8.61 Å². The molecule has 2 fully saturated rings. The van der Waals surface area contributed by atoms with Crippen LogP contribution >= 0.6 is 0 Å². The molecule has 7 nitrogen and oxygen atoms in total. The molecule has 1 atom stereocenters. The first-order chi connectivity index (χ1) is 14.0. The zero-order valence-electron chi connectivity index (χ0n) is 17.2. The minimum Gasteiger partial charge on any atom is -0.491 e. The molecule has 0 radical (unpaired) electrons. The summed E-state index contributed by atoms with van der Waals surface area (Å²) in [5.74, 6) is 0.831. The summed E-state index contributed by atoms with van der Waals surface area (Å²) in [7, 11) is -3.32. The highest BCUT2D eigenvalue weighted by Crippen LogP contribution is 2.26. The van der Waals surface area contributed by atoms with Gasteiger partial charge in [0.05, 0.1) is 26.2 Å². The fraction of sp³-hybridized carbons (Fsp3) is 0.714. The molecule has 8 heteroatoms. The van der Waals surface area contributed by atoms with Gasteiger partial charge in [-0.15, -0.1) is 0 Å². The molecule has 162 valence electrons. The van der Waals surface area contributed by atoms with Crippen LogP contribution in [0.5, 0.6) is 5.75 Å². The van der Waals surface area contributed by atoms with E-state index < -0.39 is 16.3 Å². The van der Waals surface area contributed by atoms with Gasteiger partial charge in [-0.2, -0.15) is 17.0 Å². The predicted octanol–water partition coefficient (Wildman–Crippen LogP) is -0.154. The molecular weight excluding hydrogens is 390 g/mol. The smallest absolute Gasteiger partial charge is 0.282 e. The average molecular weight is 425 g/mol. The lowest BCUT2D eigenvalue weighted by Crippen LogP contribution is -3.16. The van der Waals surface area contributed by atoms with E-state index in [0.29, 0.717) is 32.7 Å². The van der Waals surface area contributed by atoms with Crippen molar-refractivity contribution in [2.45, 2.75) is 44.6 Å². The summed E-state index contributed by atoms with van der Waals surface area (Å²) in [5, 5.41) is 10.4. The zero-order valence-corrected chi connectivity index (χ0v) is 18.0. The summed E-state index contributed by atoms with van der Waals surface area (Å²) in [4.78, 5) is 1.24. The number of hydrogen-bond acceptors (Lipinski definition) is 4. The first-order valence-electron chi connectivity index (χ1n) is 11.0. The van der Waals surface area contributed by atoms with E-state index in [2.05, 4.69) is 12.1 Å². The summed E-state index contributed by atoms with van der Waals surface area (Å²) in [5.41, 5.74) is 2.79. The molecule has 0 amide bonds. The van der Waals surface area contributed by atoms with Gasteiger partial charge < -0.3 is 14.7 Å². The van der Waals surface area contributed by atoms with Crippen LogP contribution in [0.15, 0.2) is 18.2 Å². The van der Waals surface area contributed by atoms with E-state index in [-0.39, 0.29) is 6.61 Å². The number of fused-ring (bicyclic) bond motifs is 1. The normalized spacial score (nSPS) is 23.1. The minimum atomic E-state index is -3.32. The minimum absolute atomic E-state index is 0.276. The molecule has 2 aliphatic heterocycles. The Balaban J connectivity index is 1.21. The maximum atomic E-state index is 12.8. The molecule has 1 aromatic rings. The van der Waals surface area contributed by atoms with Crippen molar-refractivity contribution >= 4 is 10.2 Å². The Morgan fingerprint density at radius 2 is 1.66 bits per heavy atom. The number of rotatable bonds is 7. The highest BCUT2D eigenvalue weighted by molar-refractivity contribution is 7.86. The van der Waals surface area contributed by atoms with Gasteiger partial charge in [0.1, 0.15) is 25.0 Å². The second-order valence-electron chi connectivity index (χ2n) is 8.57. The molecule has 1 aliphatic carbocycles. The summed E-state index contributed by atoms with van der Waals surface area (Å²) in [6.45, 7) is 4.65. The summed E-state index contributed by atoms with van der Waals surface area (Å²) >= 11 is 0. The monoisotopic (exact) mass is 424 g/mol. The molecule has 4 rings (SSSR count). The van der Waals surface area contributed by atoms with E-state index in [9.17, 15) is 13.5 Å². The SMILES string of the molecule is O=S(=O)(N1CCCCC1)N1CC[NH+](C[C@H](O)COc2ccc3c(c2)CCC3)CC1. The lowest BCUT2D eigenvalue weighted by Gasteiger charge is -2.36. The van der Waals surface area contributed by atoms with Crippen molar-refractivity contribution < 1.29 is 23.2 Å². The number of ether oxygens (including phenoxy) is 1. The number of nitrogens with zero attached hydrogens (tertiary/aromatic N) is 2. The average Bonchev–Trinajstić information content (AvgIpc) is 3.21. The van der Waals surface area contributed by atoms with Crippen molar-refractivity contribution in [3.05, 3.63) is 29.3 Å². The number of aliphatic hydroxyl groups is 1. The maximum Gasteiger partial charge on any atom is 0.282 e. The molecule has 0 aromatic heterocycles. The van der Waals surface area contributed by atoms with Crippen molar-refractivity contribution in [1.29, 1.82) is 0 Å². The Labute approximate surface area is 174 Å². The van der Waals surface area contributed by atoms with Crippen LogP contribution in [0.25, 0.3) is 0 Å². The second-order valence-corrected chi connectivity index (χ2v) is 10.5. The van der Waals surface area contributed by atoms with Gasteiger partial charge in [-0.25, -0.2) is 0 Å². The number of benzene rings is 1. The predicted molar refractivity (Wildman–Crippen MR) is 111 cm³/mol. The first kappa shape index (κ1) is 21.1. The van der Waals surface area contributed by atoms with Gasteiger partial charge in [0.25, 0.3) is 10.2 Å². The standard InChI is InChI=1S/C21H33N3O4S/c25-20(17-28-21-8-7-18-5-4-6-19(18)15-21)16-22-11-13-24(14-12-22)29(26,27)23-9-2-1-3-10-23/h7-8,15,20,25H,1-6,9-14,16-17H2/p+1/t20-/m0/s1. The Kier molecular flexibility index (Phi) is 6.76. The van der Waals surface area contributed by atoms with Crippen LogP contribution in [0.1, 0.15) is 36.8 Å². The van der Waals surface area contributed by atoms with Gasteiger partial charge in [-0.3, -0.25) is 0 Å². The molecule has 1 aromatic carbocycles. The van der Waals surface area contributed by atoms with Crippen LogP contribution in [-0.2, 0) is 23.1 Å². The van der Waals surface area contributed by atoms with Crippen LogP contribution in [0.4, 0.5) is 0 Å². The van der Waals surface area contributed by atoms with E-state index in [1.165, 1.54) is 22.4 Å². The highest BCUT2D eigenvalue weighted by Gasteiger charge is 2.34. The zero-order chi connectivity index (χ0) is 20.3. The van der Waals surface area contributed by atoms with Crippen LogP contribution in [0.3, 0.4) is 0 Å². The molecule has 2 heterocycles. The van der Waals surface area contributed by atoms with Crippen molar-refractivity contribution in [3.8, 4) is 5.75 Å². The van der Waals surface area contributed by atoms with Gasteiger partial charge >= 0.3 is 0 Å². The quantitative estimate of drug-likeness (QED) is 0.638. The van der Waals surface area contributed by atoms with E-state index in [0.717, 1.165) is 50.9 Å². The number of piperazine rings is 1. The van der Waals surface area contributed by atoms with Crippen LogP contribution in [0, 0.1) is 0 Å². The molecule has 29 heavy (non-hydrogen) atoms. The number of aryl methyl sites for hydroxylation is 2. The molecule has 0 saturated carbocycles. The molecule has 0 bridgehead atoms. The molecule has 3 aliphatic rings. The summed E-state index contributed by atoms with van der Waals surface area (Å²) < 4.78 is 34.6. The molecule has 2 N–H and O–H groups in total. The molecular formula is C21H34N3O4S+. The summed E-state index contributed by atoms with van der Waals surface area (Å²) in [6.07, 6.45) is 5.97. The number of nitrogens with one attached hydrogen (secondary N) is 1. The fourth-order valence-electron chi connectivity index (χ4n) is 4.72. The second kappa shape index (κ2) is 9.31. The van der Waals surface area contributed by atoms with Crippen LogP contribution < -0.4 is 9.64 Å². The third-order valence-corrected chi connectivity index (χ3v) is 8.47. The van der Waals surface area contributed by atoms with Gasteiger partial charge in [-0.05, 0) is 55.4 Å². The molecule has 0 spiro atoms. The van der Waals surface area contributed by atoms with E-state index in [1.807, 2.05) is 6.07 Å². The number of aliphatic hydroxyl groups excluding tert-OH is 1. The number of quaternary nitrogens is 1. The van der Waals surface area contributed by atoms with E-state index >= 15 is 0 Å². The number of hydrogen-bond donors (Lipinski definition) is 2. The molecule has 2 saturated heterocycles. The van der Waals surface area contributed by atoms with Gasteiger partial charge in [-0.1, -0.05) is 12.5 Å². The Hall–Kier alpha value is -1.19. The van der Waals surface area contributed by atoms with Crippen molar-refractivity contribution in [1.82, 2.24) is 8.61 Å². The van der Waals surface area contributed by atoms with Crippen LogP contribution in [0.2, 0.25) is 0 Å². The number of piperidine rings is 1. The topological polar surface area (TPSA) is 74.5 Å². The Bertz CT molecular complexity index is 787. The van der Waals surface area contributed by atoms with Crippen molar-refractivity contribution in [2.24, 2.45) is 0 Å². The summed E-state index contributed by atoms with van der Waals surface area (Å²) in [6, 6.07) is 6.23. The Morgan fingerprint density at radius 1 is 0.966 bits per heavy atom. The maximum absolute atomic E-state index is 12.8. The third kappa shape index (κ3) is 5.11. The van der Waals surface area contributed by atoms with Gasteiger partial charge in [0.15, 0.2) is 0 Å². The molecule has 0 unspecified atom stereocenters.